The van der Waals surface area contributed by atoms with Crippen molar-refractivity contribution in [3.63, 3.8) is 0 Å². The molecule has 124 valence electrons. The molecule has 22 heavy (non-hydrogen) atoms. The number of rotatable bonds is 6. The van der Waals surface area contributed by atoms with Crippen molar-refractivity contribution >= 4 is 0 Å². The maximum Gasteiger partial charge on any atom is 0.0934 e. The molecule has 2 heteroatoms. The van der Waals surface area contributed by atoms with Crippen molar-refractivity contribution in [2.75, 3.05) is 0 Å². The second-order valence-corrected chi connectivity index (χ2v) is 8.01. The zero-order valence-corrected chi connectivity index (χ0v) is 14.7. The molecule has 2 atom stereocenters. The molecule has 2 rings (SSSR count). The third-order valence-corrected chi connectivity index (χ3v) is 5.53. The molecule has 1 aliphatic carbocycles. The molecular formula is C20H32O2. The Labute approximate surface area is 135 Å². The van der Waals surface area contributed by atoms with E-state index in [2.05, 4.69) is 26.8 Å². The molecule has 0 bridgehead atoms. The molecule has 1 fully saturated rings. The fraction of sp³-hybridized carbons (Fsp3) is 0.700. The minimum atomic E-state index is -0.501. The van der Waals surface area contributed by atoms with Crippen molar-refractivity contribution in [3.05, 3.63) is 35.8 Å². The van der Waals surface area contributed by atoms with E-state index in [1.807, 2.05) is 19.3 Å². The lowest BCUT2D eigenvalue weighted by Crippen LogP contribution is -2.46. The summed E-state index contributed by atoms with van der Waals surface area (Å²) >= 11 is 0. The Kier molecular flexibility index (Phi) is 5.55. The summed E-state index contributed by atoms with van der Waals surface area (Å²) in [6.07, 6.45) is 13.5. The van der Waals surface area contributed by atoms with Crippen LogP contribution in [0.4, 0.5) is 0 Å². The van der Waals surface area contributed by atoms with E-state index in [1.165, 1.54) is 17.6 Å². The van der Waals surface area contributed by atoms with Crippen LogP contribution in [0.3, 0.4) is 0 Å². The summed E-state index contributed by atoms with van der Waals surface area (Å²) in [7, 11) is 0. The Morgan fingerprint density at radius 3 is 2.77 bits per heavy atom. The highest BCUT2D eigenvalue weighted by molar-refractivity contribution is 5.08. The number of hydrogen-bond donors (Lipinski definition) is 1. The summed E-state index contributed by atoms with van der Waals surface area (Å²) in [4.78, 5) is 0. The molecule has 1 heterocycles. The van der Waals surface area contributed by atoms with E-state index in [-0.39, 0.29) is 5.41 Å². The van der Waals surface area contributed by atoms with Crippen molar-refractivity contribution < 1.29 is 9.52 Å². The van der Waals surface area contributed by atoms with Gasteiger partial charge < -0.3 is 9.52 Å². The van der Waals surface area contributed by atoms with Crippen LogP contribution in [-0.4, -0.2) is 10.7 Å². The Bertz CT molecular complexity index is 464. The van der Waals surface area contributed by atoms with Crippen molar-refractivity contribution in [1.82, 2.24) is 0 Å². The second kappa shape index (κ2) is 7.04. The molecule has 1 N–H and O–H groups in total. The van der Waals surface area contributed by atoms with Crippen molar-refractivity contribution in [2.45, 2.75) is 78.2 Å². The topological polar surface area (TPSA) is 33.4 Å². The number of aliphatic hydroxyl groups is 1. The first-order chi connectivity index (χ1) is 10.3. The fourth-order valence-electron chi connectivity index (χ4n) is 4.19. The predicted octanol–water partition coefficient (Wildman–Crippen LogP) is 5.52. The standard InChI is InChI=1S/C20H32O2/c1-16(7-5-8-17-11-14-22-15-17)9-10-18-19(2,3)12-6-13-20(18,4)21/h7,11,14-15,18,21H,5-6,8-10,12-13H2,1-4H3. The smallest absolute Gasteiger partial charge is 0.0934 e. The van der Waals surface area contributed by atoms with Crippen LogP contribution in [0.25, 0.3) is 0 Å². The molecule has 0 radical (unpaired) electrons. The van der Waals surface area contributed by atoms with E-state index in [9.17, 15) is 5.11 Å². The fourth-order valence-corrected chi connectivity index (χ4v) is 4.19. The van der Waals surface area contributed by atoms with E-state index in [1.54, 1.807) is 6.26 Å². The van der Waals surface area contributed by atoms with E-state index in [4.69, 9.17) is 4.42 Å². The molecular weight excluding hydrogens is 272 g/mol. The molecule has 1 aromatic heterocycles. The number of hydrogen-bond acceptors (Lipinski definition) is 2. The van der Waals surface area contributed by atoms with Gasteiger partial charge in [0.25, 0.3) is 0 Å². The van der Waals surface area contributed by atoms with Crippen LogP contribution in [0.5, 0.6) is 0 Å². The van der Waals surface area contributed by atoms with Gasteiger partial charge in [0.15, 0.2) is 0 Å². The van der Waals surface area contributed by atoms with E-state index >= 15 is 0 Å². The van der Waals surface area contributed by atoms with Crippen LogP contribution in [0.15, 0.2) is 34.7 Å². The third kappa shape index (κ3) is 4.49. The predicted molar refractivity (Wildman–Crippen MR) is 91.8 cm³/mol. The first-order valence-electron chi connectivity index (χ1n) is 8.70. The maximum atomic E-state index is 10.8. The Morgan fingerprint density at radius 2 is 2.14 bits per heavy atom. The number of furan rings is 1. The van der Waals surface area contributed by atoms with Crippen LogP contribution in [0.1, 0.15) is 71.8 Å². The van der Waals surface area contributed by atoms with Crippen molar-refractivity contribution in [1.29, 1.82) is 0 Å². The van der Waals surface area contributed by atoms with Gasteiger partial charge in [-0.15, -0.1) is 0 Å². The molecule has 2 unspecified atom stereocenters. The average Bonchev–Trinajstić information content (AvgIpc) is 2.89. The maximum absolute atomic E-state index is 10.8. The van der Waals surface area contributed by atoms with Crippen LogP contribution in [-0.2, 0) is 6.42 Å². The molecule has 2 nitrogen and oxygen atoms in total. The Balaban J connectivity index is 1.84. The summed E-state index contributed by atoms with van der Waals surface area (Å²) in [6, 6.07) is 2.03. The van der Waals surface area contributed by atoms with Gasteiger partial charge in [0, 0.05) is 0 Å². The van der Waals surface area contributed by atoms with Crippen LogP contribution < -0.4 is 0 Å². The van der Waals surface area contributed by atoms with E-state index < -0.39 is 5.60 Å². The van der Waals surface area contributed by atoms with Crippen LogP contribution in [0.2, 0.25) is 0 Å². The molecule has 1 saturated carbocycles. The van der Waals surface area contributed by atoms with Crippen molar-refractivity contribution in [3.8, 4) is 0 Å². The normalized spacial score (nSPS) is 28.8. The molecule has 0 amide bonds. The summed E-state index contributed by atoms with van der Waals surface area (Å²) < 4.78 is 5.10. The van der Waals surface area contributed by atoms with Gasteiger partial charge in [0.1, 0.15) is 0 Å². The molecule has 1 aliphatic rings. The monoisotopic (exact) mass is 304 g/mol. The highest BCUT2D eigenvalue weighted by Gasteiger charge is 2.44. The summed E-state index contributed by atoms with van der Waals surface area (Å²) in [5.74, 6) is 0.394. The molecule has 0 saturated heterocycles. The largest absolute Gasteiger partial charge is 0.472 e. The second-order valence-electron chi connectivity index (χ2n) is 8.01. The van der Waals surface area contributed by atoms with Gasteiger partial charge in [-0.1, -0.05) is 31.9 Å². The zero-order chi connectivity index (χ0) is 16.2. The number of allylic oxidation sites excluding steroid dienone is 2. The molecule has 0 aromatic carbocycles. The van der Waals surface area contributed by atoms with Gasteiger partial charge in [-0.2, -0.15) is 0 Å². The molecule has 1 aromatic rings. The van der Waals surface area contributed by atoms with Gasteiger partial charge in [-0.3, -0.25) is 0 Å². The first kappa shape index (κ1) is 17.3. The van der Waals surface area contributed by atoms with Gasteiger partial charge in [-0.05, 0) is 75.3 Å². The lowest BCUT2D eigenvalue weighted by Gasteiger charge is -2.48. The van der Waals surface area contributed by atoms with Crippen molar-refractivity contribution in [2.24, 2.45) is 11.3 Å². The molecule has 0 aliphatic heterocycles. The summed E-state index contributed by atoms with van der Waals surface area (Å²) in [6.45, 7) is 8.91. The van der Waals surface area contributed by atoms with Crippen LogP contribution >= 0.6 is 0 Å². The quantitative estimate of drug-likeness (QED) is 0.702. The first-order valence-corrected chi connectivity index (χ1v) is 8.70. The van der Waals surface area contributed by atoms with Gasteiger partial charge in [-0.25, -0.2) is 0 Å². The third-order valence-electron chi connectivity index (χ3n) is 5.53. The summed E-state index contributed by atoms with van der Waals surface area (Å²) in [5.41, 5.74) is 2.46. The van der Waals surface area contributed by atoms with E-state index in [0.717, 1.165) is 38.5 Å². The SMILES string of the molecule is CC(=CCCc1ccoc1)CCC1C(C)(C)CCCC1(C)O. The lowest BCUT2D eigenvalue weighted by atomic mass is 9.60. The van der Waals surface area contributed by atoms with Gasteiger partial charge in [0.05, 0.1) is 18.1 Å². The van der Waals surface area contributed by atoms with E-state index in [0.29, 0.717) is 5.92 Å². The van der Waals surface area contributed by atoms with Gasteiger partial charge >= 0.3 is 0 Å². The van der Waals surface area contributed by atoms with Gasteiger partial charge in [0.2, 0.25) is 0 Å². The zero-order valence-electron chi connectivity index (χ0n) is 14.7. The minimum absolute atomic E-state index is 0.249. The lowest BCUT2D eigenvalue weighted by molar-refractivity contribution is -0.0918. The highest BCUT2D eigenvalue weighted by atomic mass is 16.3. The summed E-state index contributed by atoms with van der Waals surface area (Å²) in [5, 5.41) is 10.8. The minimum Gasteiger partial charge on any atom is -0.472 e. The number of aryl methyl sites for hydroxylation is 1. The highest BCUT2D eigenvalue weighted by Crippen LogP contribution is 2.48. The Morgan fingerprint density at radius 1 is 1.36 bits per heavy atom. The van der Waals surface area contributed by atoms with Crippen LogP contribution in [0, 0.1) is 11.3 Å². The molecule has 0 spiro atoms. The average molecular weight is 304 g/mol. The Hall–Kier alpha value is -1.02.